The van der Waals surface area contributed by atoms with E-state index in [0.29, 0.717) is 24.0 Å². The predicted octanol–water partition coefficient (Wildman–Crippen LogP) is 2.06. The molecule has 3 aromatic rings. The van der Waals surface area contributed by atoms with E-state index >= 15 is 0 Å². The van der Waals surface area contributed by atoms with Crippen LogP contribution in [-0.2, 0) is 17.9 Å². The summed E-state index contributed by atoms with van der Waals surface area (Å²) in [4.78, 5) is 12.1. The van der Waals surface area contributed by atoms with Gasteiger partial charge in [-0.25, -0.2) is 0 Å². The van der Waals surface area contributed by atoms with E-state index in [-0.39, 0.29) is 18.5 Å². The number of hydrogen-bond acceptors (Lipinski definition) is 7. The second-order valence-electron chi connectivity index (χ2n) is 5.57. The molecular formula is C17H16N4O4S. The van der Waals surface area contributed by atoms with Crippen LogP contribution in [0.25, 0.3) is 0 Å². The van der Waals surface area contributed by atoms with E-state index < -0.39 is 0 Å². The molecule has 0 radical (unpaired) electrons. The van der Waals surface area contributed by atoms with Crippen molar-refractivity contribution in [3.63, 3.8) is 0 Å². The standard InChI is InChI=1S/C17H16N4O4S/c22-16(18-7-12-3-4-14-15(6-12)25-11-24-14)9-26-17-20-19-10-21(17)8-13-2-1-5-23-13/h1-6,10H,7-9,11H2,(H,18,22). The van der Waals surface area contributed by atoms with Gasteiger partial charge in [-0.2, -0.15) is 0 Å². The molecule has 1 N–H and O–H groups in total. The third-order valence-electron chi connectivity index (χ3n) is 3.75. The molecule has 1 amide bonds. The van der Waals surface area contributed by atoms with Crippen molar-refractivity contribution in [2.24, 2.45) is 0 Å². The van der Waals surface area contributed by atoms with Gasteiger partial charge in [-0.3, -0.25) is 4.79 Å². The lowest BCUT2D eigenvalue weighted by Gasteiger charge is -2.07. The lowest BCUT2D eigenvalue weighted by Crippen LogP contribution is -2.24. The zero-order valence-corrected chi connectivity index (χ0v) is 14.6. The van der Waals surface area contributed by atoms with Gasteiger partial charge >= 0.3 is 0 Å². The van der Waals surface area contributed by atoms with Crippen molar-refractivity contribution in [2.45, 2.75) is 18.2 Å². The number of carbonyl (C=O) groups excluding carboxylic acids is 1. The SMILES string of the molecule is O=C(CSc1nncn1Cc1ccco1)NCc1ccc2c(c1)OCO2. The van der Waals surface area contributed by atoms with Gasteiger partial charge in [0.25, 0.3) is 0 Å². The Balaban J connectivity index is 1.27. The second kappa shape index (κ2) is 7.52. The molecule has 2 aromatic heterocycles. The number of amides is 1. The summed E-state index contributed by atoms with van der Waals surface area (Å²) < 4.78 is 17.8. The minimum Gasteiger partial charge on any atom is -0.467 e. The zero-order chi connectivity index (χ0) is 17.8. The molecule has 0 fully saturated rings. The fourth-order valence-electron chi connectivity index (χ4n) is 2.47. The van der Waals surface area contributed by atoms with Gasteiger partial charge in [0.15, 0.2) is 16.7 Å². The lowest BCUT2D eigenvalue weighted by molar-refractivity contribution is -0.118. The monoisotopic (exact) mass is 372 g/mol. The first-order valence-electron chi connectivity index (χ1n) is 7.96. The Morgan fingerprint density at radius 3 is 3.08 bits per heavy atom. The van der Waals surface area contributed by atoms with Crippen LogP contribution in [0.15, 0.2) is 52.5 Å². The van der Waals surface area contributed by atoms with Gasteiger partial charge in [0, 0.05) is 6.54 Å². The van der Waals surface area contributed by atoms with E-state index in [0.717, 1.165) is 17.1 Å². The first-order valence-corrected chi connectivity index (χ1v) is 8.95. The maximum absolute atomic E-state index is 12.1. The van der Waals surface area contributed by atoms with Crippen LogP contribution in [0.2, 0.25) is 0 Å². The van der Waals surface area contributed by atoms with Crippen molar-refractivity contribution in [1.82, 2.24) is 20.1 Å². The van der Waals surface area contributed by atoms with E-state index in [9.17, 15) is 4.79 Å². The van der Waals surface area contributed by atoms with Gasteiger partial charge in [-0.15, -0.1) is 10.2 Å². The largest absolute Gasteiger partial charge is 0.467 e. The first-order chi connectivity index (χ1) is 12.8. The van der Waals surface area contributed by atoms with Crippen molar-refractivity contribution in [3.8, 4) is 11.5 Å². The molecule has 1 aliphatic heterocycles. The summed E-state index contributed by atoms with van der Waals surface area (Å²) in [5.41, 5.74) is 0.952. The van der Waals surface area contributed by atoms with E-state index in [4.69, 9.17) is 13.9 Å². The summed E-state index contributed by atoms with van der Waals surface area (Å²) in [6.45, 7) is 1.19. The molecule has 4 rings (SSSR count). The van der Waals surface area contributed by atoms with Gasteiger partial charge in [0.1, 0.15) is 12.1 Å². The molecule has 0 saturated carbocycles. The Hall–Kier alpha value is -2.94. The molecule has 3 heterocycles. The van der Waals surface area contributed by atoms with Crippen molar-refractivity contribution < 1.29 is 18.7 Å². The summed E-state index contributed by atoms with van der Waals surface area (Å²) >= 11 is 1.33. The van der Waals surface area contributed by atoms with Gasteiger partial charge in [0.2, 0.25) is 12.7 Å². The quantitative estimate of drug-likeness (QED) is 0.635. The molecule has 9 heteroatoms. The molecule has 0 aliphatic carbocycles. The lowest BCUT2D eigenvalue weighted by atomic mass is 10.2. The molecular weight excluding hydrogens is 356 g/mol. The fraction of sp³-hybridized carbons (Fsp3) is 0.235. The average molecular weight is 372 g/mol. The Labute approximate surface area is 153 Å². The summed E-state index contributed by atoms with van der Waals surface area (Å²) in [6.07, 6.45) is 3.24. The number of rotatable bonds is 7. The number of benzene rings is 1. The molecule has 8 nitrogen and oxygen atoms in total. The van der Waals surface area contributed by atoms with Crippen molar-refractivity contribution in [3.05, 3.63) is 54.2 Å². The number of aromatic nitrogens is 3. The second-order valence-corrected chi connectivity index (χ2v) is 6.52. The van der Waals surface area contributed by atoms with Gasteiger partial charge in [-0.05, 0) is 29.8 Å². The molecule has 1 aromatic carbocycles. The highest BCUT2D eigenvalue weighted by Gasteiger charge is 2.14. The van der Waals surface area contributed by atoms with Crippen molar-refractivity contribution >= 4 is 17.7 Å². The average Bonchev–Trinajstić information content (AvgIpc) is 3.40. The van der Waals surface area contributed by atoms with Crippen LogP contribution in [0.4, 0.5) is 0 Å². The van der Waals surface area contributed by atoms with Gasteiger partial charge in [0.05, 0.1) is 18.6 Å². The van der Waals surface area contributed by atoms with Crippen LogP contribution in [0.1, 0.15) is 11.3 Å². The number of hydrogen-bond donors (Lipinski definition) is 1. The highest BCUT2D eigenvalue weighted by molar-refractivity contribution is 7.99. The van der Waals surface area contributed by atoms with Crippen LogP contribution in [0.5, 0.6) is 11.5 Å². The molecule has 0 unspecified atom stereocenters. The van der Waals surface area contributed by atoms with E-state index in [1.807, 2.05) is 34.9 Å². The third-order valence-corrected chi connectivity index (χ3v) is 4.73. The number of nitrogens with one attached hydrogen (secondary N) is 1. The Kier molecular flexibility index (Phi) is 4.78. The maximum atomic E-state index is 12.1. The minimum atomic E-state index is -0.0831. The highest BCUT2D eigenvalue weighted by Crippen LogP contribution is 2.32. The van der Waals surface area contributed by atoms with Crippen LogP contribution >= 0.6 is 11.8 Å². The topological polar surface area (TPSA) is 91.4 Å². The molecule has 134 valence electrons. The van der Waals surface area contributed by atoms with Crippen LogP contribution < -0.4 is 14.8 Å². The van der Waals surface area contributed by atoms with Gasteiger partial charge in [-0.1, -0.05) is 17.8 Å². The summed E-state index contributed by atoms with van der Waals surface area (Å²) in [7, 11) is 0. The molecule has 0 atom stereocenters. The highest BCUT2D eigenvalue weighted by atomic mass is 32.2. The Morgan fingerprint density at radius 1 is 1.27 bits per heavy atom. The van der Waals surface area contributed by atoms with Crippen LogP contribution in [0.3, 0.4) is 0 Å². The zero-order valence-electron chi connectivity index (χ0n) is 13.8. The molecule has 0 bridgehead atoms. The number of furan rings is 1. The predicted molar refractivity (Wildman–Crippen MR) is 93.0 cm³/mol. The molecule has 0 saturated heterocycles. The van der Waals surface area contributed by atoms with Crippen molar-refractivity contribution in [1.29, 1.82) is 0 Å². The molecule has 0 spiro atoms. The summed E-state index contributed by atoms with van der Waals surface area (Å²) in [5.74, 6) is 2.41. The summed E-state index contributed by atoms with van der Waals surface area (Å²) in [6, 6.07) is 9.33. The Bertz CT molecular complexity index is 894. The number of fused-ring (bicyclic) bond motifs is 1. The minimum absolute atomic E-state index is 0.0831. The molecule has 26 heavy (non-hydrogen) atoms. The number of nitrogens with zero attached hydrogens (tertiary/aromatic N) is 3. The molecule has 1 aliphatic rings. The van der Waals surface area contributed by atoms with E-state index in [2.05, 4.69) is 15.5 Å². The van der Waals surface area contributed by atoms with Gasteiger partial charge < -0.3 is 23.8 Å². The fourth-order valence-corrected chi connectivity index (χ4v) is 3.21. The Morgan fingerprint density at radius 2 is 2.19 bits per heavy atom. The maximum Gasteiger partial charge on any atom is 0.231 e. The first kappa shape index (κ1) is 16.5. The normalized spacial score (nSPS) is 12.3. The number of carbonyl (C=O) groups is 1. The van der Waals surface area contributed by atoms with E-state index in [1.165, 1.54) is 11.8 Å². The van der Waals surface area contributed by atoms with Crippen LogP contribution in [0, 0.1) is 0 Å². The summed E-state index contributed by atoms with van der Waals surface area (Å²) in [5, 5.41) is 11.5. The number of ether oxygens (including phenoxy) is 2. The third kappa shape index (κ3) is 3.83. The smallest absolute Gasteiger partial charge is 0.231 e. The van der Waals surface area contributed by atoms with Crippen LogP contribution in [-0.4, -0.2) is 33.2 Å². The van der Waals surface area contributed by atoms with E-state index in [1.54, 1.807) is 12.6 Å². The number of thioether (sulfide) groups is 1. The van der Waals surface area contributed by atoms with Crippen molar-refractivity contribution in [2.75, 3.05) is 12.5 Å².